The maximum Gasteiger partial charge on any atom is 0.264 e. The fourth-order valence-corrected chi connectivity index (χ4v) is 2.54. The number of hydrogen-bond donors (Lipinski definition) is 0. The number of benzene rings is 2. The molecule has 1 aliphatic rings. The minimum Gasteiger partial charge on any atom is -0.268 e. The van der Waals surface area contributed by atoms with Gasteiger partial charge in [0.2, 0.25) is 0 Å². The van der Waals surface area contributed by atoms with Crippen molar-refractivity contribution < 1.29 is 4.79 Å². The molecule has 98 valence electrons. The zero-order valence-electron chi connectivity index (χ0n) is 11.0. The second kappa shape index (κ2) is 5.02. The summed E-state index contributed by atoms with van der Waals surface area (Å²) in [5.74, 6) is -0.0648. The summed E-state index contributed by atoms with van der Waals surface area (Å²) in [4.78, 5) is 14.7. The van der Waals surface area contributed by atoms with E-state index in [4.69, 9.17) is 12.2 Å². The van der Waals surface area contributed by atoms with E-state index in [9.17, 15) is 4.79 Å². The van der Waals surface area contributed by atoms with Gasteiger partial charge in [0, 0.05) is 0 Å². The number of aryl methyl sites for hydroxylation is 1. The molecular weight excluding hydrogens is 266 g/mol. The number of carbonyl (C=O) groups is 1. The van der Waals surface area contributed by atoms with E-state index in [2.05, 4.69) is 0 Å². The maximum atomic E-state index is 12.6. The van der Waals surface area contributed by atoms with Crippen molar-refractivity contribution in [2.24, 2.45) is 0 Å². The number of para-hydroxylation sites is 1. The molecule has 1 heterocycles. The van der Waals surface area contributed by atoms with Crippen molar-refractivity contribution in [1.82, 2.24) is 0 Å². The van der Waals surface area contributed by atoms with E-state index in [0.717, 1.165) is 11.3 Å². The summed E-state index contributed by atoms with van der Waals surface area (Å²) in [6.45, 7) is 2.02. The molecule has 1 aliphatic heterocycles. The highest BCUT2D eigenvalue weighted by molar-refractivity contribution is 7.81. The van der Waals surface area contributed by atoms with Crippen LogP contribution in [0.1, 0.15) is 11.1 Å². The van der Waals surface area contributed by atoms with Crippen molar-refractivity contribution in [3.05, 3.63) is 71.8 Å². The van der Waals surface area contributed by atoms with Crippen LogP contribution in [0.2, 0.25) is 0 Å². The average molecular weight is 279 g/mol. The van der Waals surface area contributed by atoms with Crippen molar-refractivity contribution in [3.8, 4) is 0 Å². The molecule has 0 atom stereocenters. The Morgan fingerprint density at radius 1 is 0.950 bits per heavy atom. The Hall–Kier alpha value is -2.26. The number of carbonyl (C=O) groups excluding carboxylic acids is 1. The monoisotopic (exact) mass is 279 g/mol. The lowest BCUT2D eigenvalue weighted by atomic mass is 10.0. The molecule has 0 aromatic heterocycles. The number of amides is 1. The van der Waals surface area contributed by atoms with E-state index >= 15 is 0 Å². The summed E-state index contributed by atoms with van der Waals surface area (Å²) < 4.78 is 0. The third-order valence-electron chi connectivity index (χ3n) is 3.30. The Labute approximate surface area is 123 Å². The fraction of sp³-hybridized carbons (Fsp3) is 0.0588. The minimum absolute atomic E-state index is 0.0648. The zero-order valence-corrected chi connectivity index (χ0v) is 11.9. The average Bonchev–Trinajstić information content (AvgIpc) is 2.76. The van der Waals surface area contributed by atoms with Gasteiger partial charge in [0.25, 0.3) is 5.91 Å². The summed E-state index contributed by atoms with van der Waals surface area (Å²) >= 11 is 5.33. The number of rotatable bonds is 2. The normalized spacial score (nSPS) is 14.7. The molecule has 0 N–H and O–H groups in total. The van der Waals surface area contributed by atoms with Crippen LogP contribution in [0, 0.1) is 6.92 Å². The molecule has 0 aliphatic carbocycles. The lowest BCUT2D eigenvalue weighted by molar-refractivity contribution is -0.112. The summed E-state index contributed by atoms with van der Waals surface area (Å²) in [5.41, 5.74) is 3.53. The van der Waals surface area contributed by atoms with Crippen LogP contribution >= 0.6 is 12.2 Å². The van der Waals surface area contributed by atoms with Gasteiger partial charge in [-0.25, -0.2) is 0 Å². The summed E-state index contributed by atoms with van der Waals surface area (Å²) in [6.07, 6.45) is 1.77. The van der Waals surface area contributed by atoms with Crippen LogP contribution in [0.15, 0.2) is 60.7 Å². The molecule has 0 bridgehead atoms. The second-order valence-corrected chi connectivity index (χ2v) is 5.16. The van der Waals surface area contributed by atoms with Crippen molar-refractivity contribution >= 4 is 34.4 Å². The fourth-order valence-electron chi connectivity index (χ4n) is 2.23. The molecule has 0 spiro atoms. The van der Waals surface area contributed by atoms with Gasteiger partial charge < -0.3 is 0 Å². The summed E-state index contributed by atoms with van der Waals surface area (Å²) in [6, 6.07) is 17.4. The van der Waals surface area contributed by atoms with Crippen molar-refractivity contribution in [1.29, 1.82) is 0 Å². The van der Waals surface area contributed by atoms with Crippen LogP contribution in [0.4, 0.5) is 5.69 Å². The van der Waals surface area contributed by atoms with Crippen LogP contribution in [0.25, 0.3) is 5.57 Å². The quantitative estimate of drug-likeness (QED) is 0.780. The van der Waals surface area contributed by atoms with Crippen LogP contribution in [-0.2, 0) is 4.79 Å². The van der Waals surface area contributed by atoms with Crippen molar-refractivity contribution in [3.63, 3.8) is 0 Å². The van der Waals surface area contributed by atoms with Crippen molar-refractivity contribution in [2.75, 3.05) is 4.90 Å². The molecule has 2 aromatic carbocycles. The highest BCUT2D eigenvalue weighted by Crippen LogP contribution is 2.28. The molecule has 0 unspecified atom stereocenters. The molecule has 0 saturated heterocycles. The maximum absolute atomic E-state index is 12.6. The summed E-state index contributed by atoms with van der Waals surface area (Å²) in [7, 11) is 0. The minimum atomic E-state index is -0.0648. The van der Waals surface area contributed by atoms with Gasteiger partial charge in [-0.15, -0.1) is 0 Å². The first-order chi connectivity index (χ1) is 9.66. The first kappa shape index (κ1) is 12.8. The third kappa shape index (κ3) is 2.17. The van der Waals surface area contributed by atoms with Crippen molar-refractivity contribution in [2.45, 2.75) is 6.92 Å². The molecule has 0 fully saturated rings. The first-order valence-corrected chi connectivity index (χ1v) is 6.80. The molecule has 3 rings (SSSR count). The van der Waals surface area contributed by atoms with Crippen LogP contribution in [0.5, 0.6) is 0 Å². The molecule has 3 heteroatoms. The standard InChI is InChI=1S/C17H13NOS/c1-12-7-9-13(10-8-12)15-11-16(20)18(17(15)19)14-5-3-2-4-6-14/h2-11H,1H3. The Balaban J connectivity index is 1.97. The van der Waals surface area contributed by atoms with Gasteiger partial charge in [0.05, 0.1) is 11.3 Å². The lowest BCUT2D eigenvalue weighted by Gasteiger charge is -2.16. The first-order valence-electron chi connectivity index (χ1n) is 6.39. The third-order valence-corrected chi connectivity index (χ3v) is 3.60. The predicted octanol–water partition coefficient (Wildman–Crippen LogP) is 3.75. The van der Waals surface area contributed by atoms with E-state index < -0.39 is 0 Å². The number of nitrogens with zero attached hydrogens (tertiary/aromatic N) is 1. The van der Waals surface area contributed by atoms with E-state index in [-0.39, 0.29) is 5.91 Å². The number of hydrogen-bond acceptors (Lipinski definition) is 2. The molecule has 2 aromatic rings. The smallest absolute Gasteiger partial charge is 0.264 e. The number of anilines is 1. The molecule has 2 nitrogen and oxygen atoms in total. The Kier molecular flexibility index (Phi) is 3.20. The summed E-state index contributed by atoms with van der Waals surface area (Å²) in [5, 5.41) is 0. The van der Waals surface area contributed by atoms with Crippen LogP contribution in [0.3, 0.4) is 0 Å². The van der Waals surface area contributed by atoms with Gasteiger partial charge in [0.1, 0.15) is 4.99 Å². The van der Waals surface area contributed by atoms with E-state index in [0.29, 0.717) is 10.6 Å². The van der Waals surface area contributed by atoms with Gasteiger partial charge >= 0.3 is 0 Å². The Morgan fingerprint density at radius 3 is 2.25 bits per heavy atom. The zero-order chi connectivity index (χ0) is 14.1. The van der Waals surface area contributed by atoms with Gasteiger partial charge in [-0.3, -0.25) is 9.69 Å². The van der Waals surface area contributed by atoms with Gasteiger partial charge in [-0.05, 0) is 30.7 Å². The second-order valence-electron chi connectivity index (χ2n) is 4.74. The highest BCUT2D eigenvalue weighted by atomic mass is 32.1. The Bertz CT molecular complexity index is 702. The van der Waals surface area contributed by atoms with Crippen LogP contribution in [-0.4, -0.2) is 10.9 Å². The molecule has 20 heavy (non-hydrogen) atoms. The van der Waals surface area contributed by atoms with E-state index in [1.54, 1.807) is 11.0 Å². The lowest BCUT2D eigenvalue weighted by Crippen LogP contribution is -2.29. The predicted molar refractivity (Wildman–Crippen MR) is 85.7 cm³/mol. The highest BCUT2D eigenvalue weighted by Gasteiger charge is 2.30. The molecule has 1 amide bonds. The molecule has 0 saturated carbocycles. The van der Waals surface area contributed by atoms with Gasteiger partial charge in [-0.2, -0.15) is 0 Å². The van der Waals surface area contributed by atoms with E-state index in [1.807, 2.05) is 61.5 Å². The van der Waals surface area contributed by atoms with E-state index in [1.165, 1.54) is 5.56 Å². The van der Waals surface area contributed by atoms with Crippen LogP contribution < -0.4 is 4.90 Å². The number of thiocarbonyl (C=S) groups is 1. The Morgan fingerprint density at radius 2 is 1.60 bits per heavy atom. The molecule has 0 radical (unpaired) electrons. The van der Waals surface area contributed by atoms with Gasteiger partial charge in [0.15, 0.2) is 0 Å². The largest absolute Gasteiger partial charge is 0.268 e. The SMILES string of the molecule is Cc1ccc(C2=CC(=S)N(c3ccccc3)C2=O)cc1. The van der Waals surface area contributed by atoms with Gasteiger partial charge in [-0.1, -0.05) is 60.2 Å². The topological polar surface area (TPSA) is 20.3 Å². The molecular formula is C17H13NOS.